The Morgan fingerprint density at radius 1 is 1.35 bits per heavy atom. The third kappa shape index (κ3) is 2.19. The van der Waals surface area contributed by atoms with Gasteiger partial charge >= 0.3 is 0 Å². The van der Waals surface area contributed by atoms with Crippen molar-refractivity contribution in [2.45, 2.75) is 19.0 Å². The van der Waals surface area contributed by atoms with E-state index in [4.69, 9.17) is 0 Å². The van der Waals surface area contributed by atoms with E-state index in [1.807, 2.05) is 16.9 Å². The molecule has 0 amide bonds. The third-order valence-corrected chi connectivity index (χ3v) is 2.96. The summed E-state index contributed by atoms with van der Waals surface area (Å²) < 4.78 is 14.6. The van der Waals surface area contributed by atoms with Crippen molar-refractivity contribution in [1.29, 1.82) is 0 Å². The van der Waals surface area contributed by atoms with E-state index in [1.165, 1.54) is 18.7 Å². The molecule has 1 atom stereocenters. The first-order valence-electron chi connectivity index (χ1n) is 5.70. The van der Waals surface area contributed by atoms with Crippen LogP contribution in [0.5, 0.6) is 0 Å². The van der Waals surface area contributed by atoms with Crippen molar-refractivity contribution in [2.24, 2.45) is 0 Å². The van der Waals surface area contributed by atoms with E-state index in [1.54, 1.807) is 6.07 Å². The van der Waals surface area contributed by atoms with Crippen LogP contribution in [-0.4, -0.2) is 27.4 Å². The van der Waals surface area contributed by atoms with Crippen LogP contribution in [-0.2, 0) is 6.54 Å². The van der Waals surface area contributed by atoms with E-state index in [0.29, 0.717) is 11.7 Å². The van der Waals surface area contributed by atoms with E-state index < -0.39 is 0 Å². The summed E-state index contributed by atoms with van der Waals surface area (Å²) in [7, 11) is 0. The SMILES string of the molecule is Fc1ccc(-c2ccn(C[C@@H]3CCN3)n2)nc1. The first kappa shape index (κ1) is 10.4. The topological polar surface area (TPSA) is 42.7 Å². The van der Waals surface area contributed by atoms with Gasteiger partial charge in [-0.05, 0) is 31.2 Å². The predicted octanol–water partition coefficient (Wildman–Crippen LogP) is 1.45. The molecule has 3 rings (SSSR count). The summed E-state index contributed by atoms with van der Waals surface area (Å²) >= 11 is 0. The second-order valence-electron chi connectivity index (χ2n) is 4.22. The van der Waals surface area contributed by atoms with Gasteiger partial charge in [-0.25, -0.2) is 4.39 Å². The normalized spacial score (nSPS) is 19.0. The molecule has 1 saturated heterocycles. The molecule has 17 heavy (non-hydrogen) atoms. The molecule has 2 aromatic rings. The second-order valence-corrected chi connectivity index (χ2v) is 4.22. The smallest absolute Gasteiger partial charge is 0.141 e. The molecule has 0 aliphatic carbocycles. The molecule has 1 aliphatic rings. The highest BCUT2D eigenvalue weighted by atomic mass is 19.1. The standard InChI is InChI=1S/C12H13FN4/c13-9-1-2-11(15-7-9)12-4-6-17(16-12)8-10-3-5-14-10/h1-2,4,6-7,10,14H,3,5,8H2/t10-/m0/s1. The molecule has 4 nitrogen and oxygen atoms in total. The fourth-order valence-electron chi connectivity index (χ4n) is 1.86. The Bertz CT molecular complexity index is 501. The van der Waals surface area contributed by atoms with Gasteiger partial charge < -0.3 is 5.32 Å². The van der Waals surface area contributed by atoms with Gasteiger partial charge in [0.1, 0.15) is 11.5 Å². The summed E-state index contributed by atoms with van der Waals surface area (Å²) in [5.74, 6) is -0.327. The first-order chi connectivity index (χ1) is 8.31. The Kier molecular flexibility index (Phi) is 2.60. The molecule has 0 bridgehead atoms. The van der Waals surface area contributed by atoms with Gasteiger partial charge in [0, 0.05) is 12.2 Å². The van der Waals surface area contributed by atoms with Crippen molar-refractivity contribution in [1.82, 2.24) is 20.1 Å². The number of nitrogens with zero attached hydrogens (tertiary/aromatic N) is 3. The Morgan fingerprint density at radius 2 is 2.24 bits per heavy atom. The lowest BCUT2D eigenvalue weighted by Gasteiger charge is -2.27. The molecule has 1 fully saturated rings. The summed E-state index contributed by atoms with van der Waals surface area (Å²) in [6, 6.07) is 5.47. The van der Waals surface area contributed by atoms with E-state index in [9.17, 15) is 4.39 Å². The second kappa shape index (κ2) is 4.25. The Morgan fingerprint density at radius 3 is 2.88 bits per heavy atom. The van der Waals surface area contributed by atoms with Crippen molar-refractivity contribution in [3.8, 4) is 11.4 Å². The molecule has 0 saturated carbocycles. The van der Waals surface area contributed by atoms with Crippen LogP contribution in [0.4, 0.5) is 4.39 Å². The van der Waals surface area contributed by atoms with Crippen molar-refractivity contribution in [3.05, 3.63) is 36.4 Å². The van der Waals surface area contributed by atoms with Gasteiger partial charge in [-0.2, -0.15) is 5.10 Å². The summed E-state index contributed by atoms with van der Waals surface area (Å²) in [5.41, 5.74) is 1.48. The summed E-state index contributed by atoms with van der Waals surface area (Å²) in [5, 5.41) is 7.75. The van der Waals surface area contributed by atoms with Crippen molar-refractivity contribution in [2.75, 3.05) is 6.54 Å². The molecule has 0 spiro atoms. The lowest BCUT2D eigenvalue weighted by atomic mass is 10.1. The maximum atomic E-state index is 12.7. The van der Waals surface area contributed by atoms with Crippen LogP contribution in [0.2, 0.25) is 0 Å². The molecule has 3 heterocycles. The molecule has 0 radical (unpaired) electrons. The van der Waals surface area contributed by atoms with E-state index in [0.717, 1.165) is 18.8 Å². The maximum absolute atomic E-state index is 12.7. The molecule has 88 valence electrons. The summed E-state index contributed by atoms with van der Waals surface area (Å²) in [6.07, 6.45) is 4.34. The zero-order chi connectivity index (χ0) is 11.7. The highest BCUT2D eigenvalue weighted by Crippen LogP contribution is 2.14. The molecule has 0 unspecified atom stereocenters. The van der Waals surface area contributed by atoms with Crippen LogP contribution in [0, 0.1) is 5.82 Å². The number of nitrogens with one attached hydrogen (secondary N) is 1. The minimum absolute atomic E-state index is 0.327. The number of rotatable bonds is 3. The van der Waals surface area contributed by atoms with Gasteiger partial charge in [-0.15, -0.1) is 0 Å². The summed E-state index contributed by atoms with van der Waals surface area (Å²) in [4.78, 5) is 4.01. The molecular formula is C12H13FN4. The predicted molar refractivity (Wildman–Crippen MR) is 61.8 cm³/mol. The number of hydrogen-bond acceptors (Lipinski definition) is 3. The highest BCUT2D eigenvalue weighted by molar-refractivity contribution is 5.52. The fraction of sp³-hybridized carbons (Fsp3) is 0.333. The lowest BCUT2D eigenvalue weighted by Crippen LogP contribution is -2.45. The van der Waals surface area contributed by atoms with Crippen LogP contribution in [0.25, 0.3) is 11.4 Å². The largest absolute Gasteiger partial charge is 0.312 e. The van der Waals surface area contributed by atoms with Crippen LogP contribution < -0.4 is 5.32 Å². The molecule has 1 N–H and O–H groups in total. The van der Waals surface area contributed by atoms with Gasteiger partial charge in [-0.1, -0.05) is 0 Å². The van der Waals surface area contributed by atoms with Crippen molar-refractivity contribution >= 4 is 0 Å². The van der Waals surface area contributed by atoms with Gasteiger partial charge in [0.15, 0.2) is 0 Å². The zero-order valence-corrected chi connectivity index (χ0v) is 9.31. The fourth-order valence-corrected chi connectivity index (χ4v) is 1.86. The van der Waals surface area contributed by atoms with Crippen molar-refractivity contribution < 1.29 is 4.39 Å². The minimum Gasteiger partial charge on any atom is -0.312 e. The Hall–Kier alpha value is -1.75. The minimum atomic E-state index is -0.327. The zero-order valence-electron chi connectivity index (χ0n) is 9.31. The molecule has 5 heteroatoms. The average molecular weight is 232 g/mol. The van der Waals surface area contributed by atoms with E-state index in [-0.39, 0.29) is 5.82 Å². The first-order valence-corrected chi connectivity index (χ1v) is 5.70. The van der Waals surface area contributed by atoms with Crippen molar-refractivity contribution in [3.63, 3.8) is 0 Å². The van der Waals surface area contributed by atoms with Gasteiger partial charge in [0.05, 0.1) is 18.4 Å². The number of hydrogen-bond donors (Lipinski definition) is 1. The number of halogens is 1. The molecule has 2 aromatic heterocycles. The number of aromatic nitrogens is 3. The van der Waals surface area contributed by atoms with Gasteiger partial charge in [0.2, 0.25) is 0 Å². The Labute approximate surface area is 98.5 Å². The van der Waals surface area contributed by atoms with E-state index in [2.05, 4.69) is 15.4 Å². The van der Waals surface area contributed by atoms with Crippen LogP contribution >= 0.6 is 0 Å². The molecule has 0 aromatic carbocycles. The quantitative estimate of drug-likeness (QED) is 0.871. The monoisotopic (exact) mass is 232 g/mol. The van der Waals surface area contributed by atoms with Gasteiger partial charge in [-0.3, -0.25) is 9.67 Å². The lowest BCUT2D eigenvalue weighted by molar-refractivity contribution is 0.319. The van der Waals surface area contributed by atoms with Crippen LogP contribution in [0.3, 0.4) is 0 Å². The van der Waals surface area contributed by atoms with E-state index >= 15 is 0 Å². The van der Waals surface area contributed by atoms with Crippen LogP contribution in [0.15, 0.2) is 30.6 Å². The highest BCUT2D eigenvalue weighted by Gasteiger charge is 2.17. The average Bonchev–Trinajstić information content (AvgIpc) is 2.73. The van der Waals surface area contributed by atoms with Gasteiger partial charge in [0.25, 0.3) is 0 Å². The number of pyridine rings is 1. The maximum Gasteiger partial charge on any atom is 0.141 e. The summed E-state index contributed by atoms with van der Waals surface area (Å²) in [6.45, 7) is 1.97. The molecule has 1 aliphatic heterocycles. The Balaban J connectivity index is 1.76. The third-order valence-electron chi connectivity index (χ3n) is 2.96. The molecular weight excluding hydrogens is 219 g/mol. The van der Waals surface area contributed by atoms with Crippen LogP contribution in [0.1, 0.15) is 6.42 Å².